The predicted octanol–water partition coefficient (Wildman–Crippen LogP) is 7.27. The largest absolute Gasteiger partial charge is 0.312 e. The molecule has 0 aliphatic heterocycles. The lowest BCUT2D eigenvalue weighted by atomic mass is 9.48. The summed E-state index contributed by atoms with van der Waals surface area (Å²) in [6, 6.07) is 0. The van der Waals surface area contributed by atoms with E-state index in [9.17, 15) is 0 Å². The van der Waals surface area contributed by atoms with Crippen LogP contribution in [-0.2, 0) is 3.07 Å². The Bertz CT molecular complexity index is 524. The van der Waals surface area contributed by atoms with Gasteiger partial charge in [0.25, 0.3) is 0 Å². The molecule has 4 aliphatic carbocycles. The molecule has 3 fully saturated rings. The van der Waals surface area contributed by atoms with Crippen molar-refractivity contribution in [1.82, 2.24) is 0 Å². The number of allylic oxidation sites excluding steroid dienone is 2. The summed E-state index contributed by atoms with van der Waals surface area (Å²) in [7, 11) is 0. The van der Waals surface area contributed by atoms with E-state index in [1.165, 1.54) is 51.4 Å². The van der Waals surface area contributed by atoms with Crippen molar-refractivity contribution in [3.8, 4) is 0 Å². The highest BCUT2D eigenvalue weighted by molar-refractivity contribution is 14.1. The van der Waals surface area contributed by atoms with Crippen molar-refractivity contribution >= 4 is 23.0 Å². The minimum Gasteiger partial charge on any atom is -0.312 e. The fourth-order valence-electron chi connectivity index (χ4n) is 6.61. The minimum absolute atomic E-state index is 0.450. The van der Waals surface area contributed by atoms with Crippen molar-refractivity contribution in [3.05, 3.63) is 23.8 Å². The molecule has 4 aliphatic rings. The van der Waals surface area contributed by atoms with Gasteiger partial charge in [-0.15, -0.1) is 0 Å². The molecule has 0 aromatic carbocycles. The Morgan fingerprint density at radius 3 is 2.46 bits per heavy atom. The van der Waals surface area contributed by atoms with E-state index in [0.717, 1.165) is 17.8 Å². The van der Waals surface area contributed by atoms with E-state index in [0.29, 0.717) is 16.9 Å². The van der Waals surface area contributed by atoms with Crippen LogP contribution in [0.25, 0.3) is 0 Å². The highest BCUT2D eigenvalue weighted by Gasteiger charge is 2.56. The number of halogens is 1. The molecule has 136 valence electrons. The van der Waals surface area contributed by atoms with Gasteiger partial charge in [-0.05, 0) is 80.0 Å². The first kappa shape index (κ1) is 18.9. The molecule has 0 saturated heterocycles. The van der Waals surface area contributed by atoms with Gasteiger partial charge in [0.05, 0.1) is 6.10 Å². The fourth-order valence-corrected chi connectivity index (χ4v) is 7.04. The van der Waals surface area contributed by atoms with Gasteiger partial charge in [0.1, 0.15) is 23.0 Å². The van der Waals surface area contributed by atoms with Crippen LogP contribution in [0.2, 0.25) is 0 Å². The van der Waals surface area contributed by atoms with Gasteiger partial charge < -0.3 is 3.07 Å². The van der Waals surface area contributed by atoms with Gasteiger partial charge in [0.2, 0.25) is 0 Å². The Hall–Kier alpha value is 0.170. The summed E-state index contributed by atoms with van der Waals surface area (Å²) in [6.45, 7) is 13.5. The van der Waals surface area contributed by atoms with Crippen LogP contribution in [0, 0.1) is 28.6 Å². The summed E-state index contributed by atoms with van der Waals surface area (Å²) in [6.07, 6.45) is 13.6. The SMILES string of the molecule is C=C1CCC2C3CC=C4CC(OI)CCC4(C)C3CCC12C.CC. The van der Waals surface area contributed by atoms with Gasteiger partial charge in [-0.25, -0.2) is 0 Å². The Morgan fingerprint density at radius 2 is 1.75 bits per heavy atom. The Morgan fingerprint density at radius 1 is 1.08 bits per heavy atom. The second-order valence-corrected chi connectivity index (χ2v) is 9.32. The Kier molecular flexibility index (Phi) is 5.57. The smallest absolute Gasteiger partial charge is 0.110 e. The van der Waals surface area contributed by atoms with E-state index in [1.54, 1.807) is 11.1 Å². The highest BCUT2D eigenvalue weighted by atomic mass is 127. The zero-order valence-corrected chi connectivity index (χ0v) is 18.2. The summed E-state index contributed by atoms with van der Waals surface area (Å²) in [5.41, 5.74) is 4.19. The zero-order chi connectivity index (χ0) is 17.5. The molecule has 0 spiro atoms. The lowest BCUT2D eigenvalue weighted by molar-refractivity contribution is -0.0213. The first-order chi connectivity index (χ1) is 11.5. The summed E-state index contributed by atoms with van der Waals surface area (Å²) in [5.74, 6) is 2.71. The molecule has 4 rings (SSSR count). The number of hydrogen-bond acceptors (Lipinski definition) is 1. The molecule has 0 radical (unpaired) electrons. The average Bonchev–Trinajstić information content (AvgIpc) is 2.91. The van der Waals surface area contributed by atoms with Gasteiger partial charge in [0, 0.05) is 0 Å². The lowest BCUT2D eigenvalue weighted by Gasteiger charge is -2.57. The zero-order valence-electron chi connectivity index (χ0n) is 16.0. The van der Waals surface area contributed by atoms with Crippen LogP contribution in [0.15, 0.2) is 23.8 Å². The normalized spacial score (nSPS) is 46.9. The maximum atomic E-state index is 5.64. The molecule has 0 amide bonds. The predicted molar refractivity (Wildman–Crippen MR) is 111 cm³/mol. The van der Waals surface area contributed by atoms with Crippen molar-refractivity contribution in [2.75, 3.05) is 0 Å². The van der Waals surface area contributed by atoms with Crippen molar-refractivity contribution in [3.63, 3.8) is 0 Å². The van der Waals surface area contributed by atoms with Crippen LogP contribution in [0.5, 0.6) is 0 Å². The Labute approximate surface area is 163 Å². The van der Waals surface area contributed by atoms with Gasteiger partial charge in [-0.2, -0.15) is 0 Å². The average molecular weight is 442 g/mol. The third-order valence-corrected chi connectivity index (χ3v) is 8.86. The molecule has 0 heterocycles. The van der Waals surface area contributed by atoms with E-state index in [4.69, 9.17) is 3.07 Å². The number of hydrogen-bond donors (Lipinski definition) is 0. The van der Waals surface area contributed by atoms with E-state index < -0.39 is 0 Å². The van der Waals surface area contributed by atoms with Crippen molar-refractivity contribution < 1.29 is 3.07 Å². The molecule has 0 N–H and O–H groups in total. The maximum absolute atomic E-state index is 5.64. The summed E-state index contributed by atoms with van der Waals surface area (Å²) >= 11 is 2.10. The van der Waals surface area contributed by atoms with Crippen LogP contribution in [0.4, 0.5) is 0 Å². The molecule has 6 unspecified atom stereocenters. The van der Waals surface area contributed by atoms with Crippen LogP contribution >= 0.6 is 23.0 Å². The molecule has 0 bridgehead atoms. The van der Waals surface area contributed by atoms with Gasteiger partial charge in [0.15, 0.2) is 0 Å². The summed E-state index contributed by atoms with van der Waals surface area (Å²) in [4.78, 5) is 0. The molecule has 0 aromatic rings. The van der Waals surface area contributed by atoms with Crippen molar-refractivity contribution in [1.29, 1.82) is 0 Å². The van der Waals surface area contributed by atoms with Crippen LogP contribution in [0.3, 0.4) is 0 Å². The van der Waals surface area contributed by atoms with Gasteiger partial charge in [-0.1, -0.05) is 51.5 Å². The first-order valence-corrected chi connectivity index (χ1v) is 11.0. The molecular formula is C22H35IO. The van der Waals surface area contributed by atoms with Crippen LogP contribution in [-0.4, -0.2) is 6.10 Å². The van der Waals surface area contributed by atoms with Crippen LogP contribution < -0.4 is 0 Å². The standard InChI is InChI=1S/C20H29IO.C2H6/c1-13-4-7-17-16-6-5-14-12-15(22-21)8-10-20(14,3)18(16)9-11-19(13,17)2;1-2/h5,15-18H,1,4,6-12H2,2-3H3;1-2H3. The fraction of sp³-hybridized carbons (Fsp3) is 0.818. The molecule has 3 saturated carbocycles. The molecule has 2 heteroatoms. The molecule has 1 nitrogen and oxygen atoms in total. The second-order valence-electron chi connectivity index (χ2n) is 8.81. The molecule has 24 heavy (non-hydrogen) atoms. The van der Waals surface area contributed by atoms with E-state index >= 15 is 0 Å². The van der Waals surface area contributed by atoms with E-state index in [2.05, 4.69) is 49.5 Å². The van der Waals surface area contributed by atoms with Crippen molar-refractivity contribution in [2.45, 2.75) is 85.2 Å². The quantitative estimate of drug-likeness (QED) is 0.307. The number of fused-ring (bicyclic) bond motifs is 5. The summed E-state index contributed by atoms with van der Waals surface area (Å²) in [5, 5.41) is 0. The monoisotopic (exact) mass is 442 g/mol. The van der Waals surface area contributed by atoms with Crippen molar-refractivity contribution in [2.24, 2.45) is 28.6 Å². The van der Waals surface area contributed by atoms with Gasteiger partial charge in [-0.3, -0.25) is 0 Å². The van der Waals surface area contributed by atoms with Gasteiger partial charge >= 0.3 is 0 Å². The molecule has 0 aromatic heterocycles. The third kappa shape index (κ3) is 2.74. The highest BCUT2D eigenvalue weighted by Crippen LogP contribution is 2.65. The maximum Gasteiger partial charge on any atom is 0.110 e. The van der Waals surface area contributed by atoms with E-state index in [-0.39, 0.29) is 0 Å². The topological polar surface area (TPSA) is 9.23 Å². The Balaban J connectivity index is 0.000000815. The summed E-state index contributed by atoms with van der Waals surface area (Å²) < 4.78 is 5.64. The molecular weight excluding hydrogens is 407 g/mol. The first-order valence-electron chi connectivity index (χ1n) is 10.1. The number of rotatable bonds is 1. The second kappa shape index (κ2) is 7.06. The third-order valence-electron chi connectivity index (χ3n) is 8.14. The van der Waals surface area contributed by atoms with Crippen LogP contribution in [0.1, 0.15) is 79.1 Å². The lowest BCUT2D eigenvalue weighted by Crippen LogP contribution is -2.49. The van der Waals surface area contributed by atoms with E-state index in [1.807, 2.05) is 13.8 Å². The molecule has 6 atom stereocenters. The minimum atomic E-state index is 0.450.